The van der Waals surface area contributed by atoms with Crippen molar-refractivity contribution in [2.24, 2.45) is 0 Å². The maximum Gasteiger partial charge on any atom is 1.00 e. The predicted octanol–water partition coefficient (Wildman–Crippen LogP) is 19.6. The molecule has 7 heterocycles. The van der Waals surface area contributed by atoms with Crippen LogP contribution < -0.4 is 39.8 Å². The Labute approximate surface area is 978 Å². The standard InChI is InChI=1S/C33H41N7O2S.C18H24N2O2S.C18H27NO3S.C18H25NO3S.C9H17Cl2NO2.C9H9NS.C4H10O.CH4O.CH4.Al.BH2I.B.Na.3H/c1-37-19-14-27(15-20-37)38(2)31(42)24-6-10-26(11-7-24)34-32-35-30-29(5-4-18-40(30)36-32)39-21-16-33(23-41,17-22-39)25-8-12-28(43-3)13-9-25;1-17(2,3)22-16(21)20-12-10-18(19-4,11-13-20)14-6-8-15(23-5)9-7-14;2*1-17(2,3)22-16(21)19-11-9-18(13-20,10-12-19)14-5-7-15(23-4)8-6-14;1-9(2,3)14-8(13)12(6-4-10)7-5-11;1-10-7-8-3-5-9(11-2)6-4-8;1-3-5-4-2;1-2;;;1-2;;;;;/h4-13,18,27,41H,14-17,19-23H2,1-3H3,(H,34,36);6-9H,10-13H2,1-3,5H3;5-8,20H,9-13H2,1-4H3;5-8,13H,9-12H2,1-4H3;4-7H2,1-3H3;3-6H,7H2,2H3;3-4H2,1-2H3;2H,1H3;1H4;;2H2;;;;;/q;;;;;;;;;;;;+1;;;-1/i;;;;;;;;;;2D;;;;;. The summed E-state index contributed by atoms with van der Waals surface area (Å²) in [6.45, 7) is 51.0. The van der Waals surface area contributed by atoms with Gasteiger partial charge in [-0.15, -0.1) is 87.1 Å². The van der Waals surface area contributed by atoms with Crippen molar-refractivity contribution in [3.05, 3.63) is 220 Å². The first-order valence-corrected chi connectivity index (χ1v) is 57.8. The minimum Gasteiger partial charge on any atom is -1.00 e. The zero-order valence-corrected chi connectivity index (χ0v) is 104. The molecule has 5 amide bonds. The minimum atomic E-state index is -0.780. The Balaban J connectivity index is 0.00000184. The minimum absolute atomic E-state index is 0. The normalized spacial score (nSPS) is 15.4. The van der Waals surface area contributed by atoms with Gasteiger partial charge in [0.05, 0.1) is 24.3 Å². The van der Waals surface area contributed by atoms with Gasteiger partial charge in [0.1, 0.15) is 46.1 Å². The van der Waals surface area contributed by atoms with E-state index in [0.717, 1.165) is 131 Å². The number of rotatable bonds is 24. The molecule has 6 radical (unpaired) electrons. The summed E-state index contributed by atoms with van der Waals surface area (Å²) in [5.74, 6) is 1.33. The molecular weight excluding hydrogens is 2170 g/mol. The average Bonchev–Trinajstić information content (AvgIpc) is 1.62. The molecule has 5 saturated heterocycles. The summed E-state index contributed by atoms with van der Waals surface area (Å²) in [5.41, 5.74) is 10.1. The second-order valence-electron chi connectivity index (χ2n) is 39.6. The molecule has 150 heavy (non-hydrogen) atoms. The number of piperidine rings is 5. The molecular formula is C111H166AlB2Cl2IN13NaO14S5. The van der Waals surface area contributed by atoms with Crippen LogP contribution in [0.3, 0.4) is 0 Å². The molecule has 13 rings (SSSR count). The largest absolute Gasteiger partial charge is 1.00 e. The van der Waals surface area contributed by atoms with Crippen LogP contribution in [-0.4, -0.2) is 326 Å². The number of nitrogens with one attached hydrogen (secondary N) is 1. The number of alkyl halides is 2. The quantitative estimate of drug-likeness (QED) is 0.00832. The van der Waals surface area contributed by atoms with Crippen molar-refractivity contribution in [2.75, 3.05) is 179 Å². The zero-order valence-electron chi connectivity index (χ0n) is 94.3. The number of hydrogen-bond acceptors (Lipinski definition) is 24. The first-order valence-electron chi connectivity index (χ1n) is 49.7. The number of carbonyl (C=O) groups is 6. The number of benzene rings is 6. The first-order chi connectivity index (χ1) is 69.9. The van der Waals surface area contributed by atoms with Crippen LogP contribution in [0.1, 0.15) is 208 Å². The third-order valence-electron chi connectivity index (χ3n) is 25.2. The number of likely N-dealkylation sites (tertiary alicyclic amines) is 4. The van der Waals surface area contributed by atoms with Gasteiger partial charge in [0, 0.05) is 196 Å². The second-order valence-corrected chi connectivity index (χ2v) is 44.8. The van der Waals surface area contributed by atoms with Crippen molar-refractivity contribution in [1.82, 2.24) is 44.0 Å². The van der Waals surface area contributed by atoms with Gasteiger partial charge in [0.15, 0.2) is 5.65 Å². The van der Waals surface area contributed by atoms with Gasteiger partial charge in [-0.1, -0.05) is 56.0 Å². The molecule has 820 valence electrons. The molecule has 0 aliphatic carbocycles. The van der Waals surface area contributed by atoms with Gasteiger partial charge in [0.2, 0.25) is 12.5 Å². The summed E-state index contributed by atoms with van der Waals surface area (Å²) in [6, 6.07) is 53.4. The Morgan fingerprint density at radius 2 is 0.927 bits per heavy atom. The van der Waals surface area contributed by atoms with Crippen molar-refractivity contribution in [3.8, 4) is 0 Å². The topological polar surface area (TPSA) is 283 Å². The van der Waals surface area contributed by atoms with E-state index in [0.29, 0.717) is 108 Å². The Morgan fingerprint density at radius 1 is 0.567 bits per heavy atom. The molecule has 5 aliphatic heterocycles. The van der Waals surface area contributed by atoms with E-state index in [1.165, 1.54) is 34.9 Å². The number of ether oxygens (including phenoxy) is 5. The number of amides is 5. The van der Waals surface area contributed by atoms with Gasteiger partial charge in [-0.05, 0) is 326 Å². The summed E-state index contributed by atoms with van der Waals surface area (Å²) in [4.78, 5) is 104. The van der Waals surface area contributed by atoms with Gasteiger partial charge in [-0.25, -0.2) is 36.8 Å². The Kier molecular flexibility index (Phi) is 65.7. The maximum atomic E-state index is 13.1. The Hall–Kier alpha value is -6.74. The van der Waals surface area contributed by atoms with Crippen LogP contribution in [-0.2, 0) is 56.8 Å². The zero-order chi connectivity index (χ0) is 109. The van der Waals surface area contributed by atoms with Gasteiger partial charge in [-0.3, -0.25) is 4.79 Å². The number of nitrogens with zero attached hydrogens (tertiary/aromatic N) is 12. The van der Waals surface area contributed by atoms with E-state index in [1.54, 1.807) is 78.0 Å². The van der Waals surface area contributed by atoms with E-state index in [-0.39, 0.29) is 125 Å². The van der Waals surface area contributed by atoms with Gasteiger partial charge in [0.25, 0.3) is 11.4 Å². The van der Waals surface area contributed by atoms with Crippen molar-refractivity contribution < 1.29 is 98.8 Å². The molecule has 5 fully saturated rings. The number of halogens is 3. The predicted molar refractivity (Wildman–Crippen MR) is 637 cm³/mol. The fourth-order valence-electron chi connectivity index (χ4n) is 16.8. The summed E-state index contributed by atoms with van der Waals surface area (Å²) < 4.78 is 34.2. The summed E-state index contributed by atoms with van der Waals surface area (Å²) in [5, 5.41) is 35.4. The maximum absolute atomic E-state index is 13.1. The van der Waals surface area contributed by atoms with Crippen LogP contribution in [0.5, 0.6) is 0 Å². The molecule has 8 aromatic rings. The fraction of sp³-hybridized carbons (Fsp3) is 0.550. The monoisotopic (exact) mass is 2330 g/mol. The molecule has 0 saturated carbocycles. The summed E-state index contributed by atoms with van der Waals surface area (Å²) in [7, 11) is 5.04. The number of aromatic nitrogens is 3. The molecule has 2 aromatic heterocycles. The Morgan fingerprint density at radius 3 is 1.27 bits per heavy atom. The fourth-order valence-corrected chi connectivity index (χ4v) is 19.2. The van der Waals surface area contributed by atoms with Gasteiger partial charge in [-0.2, -0.15) is 4.98 Å². The Bertz CT molecular complexity index is 5330. The third-order valence-corrected chi connectivity index (χ3v) is 29.3. The summed E-state index contributed by atoms with van der Waals surface area (Å²) in [6.07, 6.45) is 19.8. The third kappa shape index (κ3) is 45.8. The molecule has 0 unspecified atom stereocenters. The SMILES string of the molecule is C.CC(C)(C)OC(=O)N(CCCl)CCCl.CCOCC.CO.CSc1ccc(C2(C=O)CCN(C(=O)OC(C)(C)C)CC2)cc1.CSc1ccc(C2(CO)CCN(C(=O)OC(C)(C)C)CC2)cc1.CSc1ccc(C2(CO)CCN(c3cccn4nc(Nc5ccc(C(=O)N(C)C6CCN(C)CC6)cc5)nc34)CC2)cc1.[2H][IH][B].[AlH2].[B].[C-]#[N+]C1(c2ccc(SC)cc2)CCN(C(=O)OC(C)(C)C)CC1.[C-]#[N+]Cc1ccc(SC)cc1.[H-].[Na+]. The van der Waals surface area contributed by atoms with Crippen LogP contribution in [0, 0.1) is 13.1 Å². The molecule has 5 aliphatic rings. The average molecular weight is 2340 g/mol. The van der Waals surface area contributed by atoms with Gasteiger partial charge < -0.3 is 94.5 Å². The molecule has 4 N–H and O–H groups in total. The van der Waals surface area contributed by atoms with Gasteiger partial charge >= 0.3 is 82.4 Å². The molecule has 0 bridgehead atoms. The van der Waals surface area contributed by atoms with Crippen molar-refractivity contribution in [3.63, 3.8) is 0 Å². The van der Waals surface area contributed by atoms with E-state index in [9.17, 15) is 39.0 Å². The smallest absolute Gasteiger partial charge is 1.00 e. The number of pyridine rings is 1. The molecule has 6 aromatic carbocycles. The summed E-state index contributed by atoms with van der Waals surface area (Å²) >= 11 is 18.9. The van der Waals surface area contributed by atoms with Crippen LogP contribution in [0.25, 0.3) is 15.3 Å². The van der Waals surface area contributed by atoms with E-state index in [2.05, 4.69) is 122 Å². The first kappa shape index (κ1) is 139. The number of aliphatic hydroxyl groups excluding tert-OH is 3. The van der Waals surface area contributed by atoms with E-state index in [1.807, 2.05) is 225 Å². The number of carbonyl (C=O) groups excluding carboxylic acids is 6. The molecule has 0 atom stereocenters. The van der Waals surface area contributed by atoms with Crippen molar-refractivity contribution in [2.45, 2.75) is 250 Å². The number of fused-ring (bicyclic) bond motifs is 1. The number of hydrogen-bond donors (Lipinski definition) is 4. The molecule has 39 heteroatoms. The van der Waals surface area contributed by atoms with Crippen LogP contribution in [0.2, 0.25) is 0 Å². The molecule has 0 spiro atoms. The number of anilines is 3. The van der Waals surface area contributed by atoms with Crippen molar-refractivity contribution >= 4 is 195 Å². The molecule has 27 nitrogen and oxygen atoms in total. The van der Waals surface area contributed by atoms with E-state index >= 15 is 0 Å². The number of aliphatic hydroxyl groups is 3. The van der Waals surface area contributed by atoms with E-state index < -0.39 is 55.5 Å². The van der Waals surface area contributed by atoms with Crippen LogP contribution in [0.15, 0.2) is 188 Å². The number of thioether (sulfide) groups is 5. The van der Waals surface area contributed by atoms with E-state index in [4.69, 9.17) is 70.7 Å². The van der Waals surface area contributed by atoms with Crippen molar-refractivity contribution in [1.29, 1.82) is 0.594 Å². The van der Waals surface area contributed by atoms with Crippen LogP contribution >= 0.6 is 104 Å². The second kappa shape index (κ2) is 70.8. The number of aldehydes is 1. The van der Waals surface area contributed by atoms with Crippen LogP contribution in [0.4, 0.5) is 36.5 Å².